The van der Waals surface area contributed by atoms with Crippen molar-refractivity contribution < 1.29 is 141 Å². The molecule has 0 heterocycles. The Hall–Kier alpha value is -15.4. The molecule has 58 N–H and O–H groups in total. The standard InChI is InChI=1S/C71H136N40O24.C2HF3O2/c72-25-48(119)97-33(9-1-17-89-64(73)74)49(120)105-41(26-112)56(127)98-34(10-2-18-90-65(75)76)50(121)106-42(27-113)57(128)99-35(11-3-19-91-66(77)78)51(122)107-43(28-114)58(129)100-36(12-4-20-92-67(79)80)52(123)108-44(29-115)59(130)101-37(13-5-21-93-68(81)82)53(124)109-45(30-116)60(131)102-38(14-6-22-94-69(83)84)54(125)110-46(31-117)61(132)103-39(15-7-23-95-70(85)86)55(126)111-47(32-118)62(133)104-40(63(134)135)16-8-24-96-71(87)88;3-2(4,5)1(6)7/h33-47,112-118H,1-32,72H2,(H,97,119)(H,98,127)(H,99,128)(H,100,129)(H,101,130)(H,102,131)(H,103,132)(H,104,133)(H,105,120)(H,106,121)(H,107,122)(H,108,123)(H,109,124)(H,110,125)(H,111,126)(H,134,135)(H4,73,74,89)(H4,75,76,90)(H4,77,78,91)(H4,79,80,92)(H4,81,82,93)(H4,83,84,94)(H4,85,86,95)(H4,87,88,96);(H,6,7)/t33-,34-,35-,36-,37-,38-,39-,40-,41-,42-,43-,44-,45-,46-,47-;/m0./s1. The van der Waals surface area contributed by atoms with E-state index in [-0.39, 0.29) is 129 Å². The summed E-state index contributed by atoms with van der Waals surface area (Å²) in [6, 6.07) is -27.5. The minimum Gasteiger partial charge on any atom is -0.480 e. The van der Waals surface area contributed by atoms with Crippen LogP contribution in [0.4, 0.5) is 13.2 Å². The van der Waals surface area contributed by atoms with Crippen molar-refractivity contribution in [1.82, 2.24) is 122 Å². The maximum Gasteiger partial charge on any atom is 0.490 e. The van der Waals surface area contributed by atoms with E-state index in [0.29, 0.717) is 0 Å². The van der Waals surface area contributed by atoms with Crippen molar-refractivity contribution in [3.63, 3.8) is 0 Å². The number of nitrogens with one attached hydrogen (secondary N) is 31. The van der Waals surface area contributed by atoms with Gasteiger partial charge in [0, 0.05) is 52.4 Å². The van der Waals surface area contributed by atoms with E-state index in [1.165, 1.54) is 0 Å². The summed E-state index contributed by atoms with van der Waals surface area (Å²) < 4.78 is 31.7. The maximum atomic E-state index is 14.4. The predicted octanol–water partition coefficient (Wildman–Crippen LogP) is -21.0. The van der Waals surface area contributed by atoms with Gasteiger partial charge in [-0.25, -0.2) is 9.59 Å². The second kappa shape index (κ2) is 71.1. The summed E-state index contributed by atoms with van der Waals surface area (Å²) in [7, 11) is 0. The van der Waals surface area contributed by atoms with E-state index >= 15 is 0 Å². The summed E-state index contributed by atoms with van der Waals surface area (Å²) in [5, 5.41) is 204. The molecule has 0 aliphatic carbocycles. The molecule has 0 rings (SSSR count). The average Bonchev–Trinajstić information content (AvgIpc) is 0.847. The number of carboxylic acids is 2. The molecule has 0 aromatic heterocycles. The zero-order valence-corrected chi connectivity index (χ0v) is 77.1. The molecule has 69 heteroatoms. The van der Waals surface area contributed by atoms with Crippen LogP contribution in [0.15, 0.2) is 0 Å². The number of nitrogens with two attached hydrogens (primary N) is 9. The molecule has 0 fully saturated rings. The fourth-order valence-corrected chi connectivity index (χ4v) is 11.8. The highest BCUT2D eigenvalue weighted by atomic mass is 19.4. The molecule has 0 bridgehead atoms. The first kappa shape index (κ1) is 129. The number of guanidine groups is 8. The maximum absolute atomic E-state index is 14.4. The Morgan fingerprint density at radius 2 is 0.331 bits per heavy atom. The summed E-state index contributed by atoms with van der Waals surface area (Å²) >= 11 is 0. The van der Waals surface area contributed by atoms with Gasteiger partial charge in [0.2, 0.25) is 88.6 Å². The zero-order chi connectivity index (χ0) is 108. The highest BCUT2D eigenvalue weighted by Crippen LogP contribution is 2.14. The molecule has 0 unspecified atom stereocenters. The molecule has 0 aromatic carbocycles. The first-order chi connectivity index (χ1) is 66.7. The van der Waals surface area contributed by atoms with Crippen LogP contribution in [0.25, 0.3) is 0 Å². The van der Waals surface area contributed by atoms with Crippen LogP contribution in [0.3, 0.4) is 0 Å². The van der Waals surface area contributed by atoms with Crippen LogP contribution in [0, 0.1) is 43.3 Å². The molecule has 0 spiro atoms. The molecule has 806 valence electrons. The topological polar surface area (TPSA) is 1170 Å². The Morgan fingerprint density at radius 3 is 0.444 bits per heavy atom. The van der Waals surface area contributed by atoms with E-state index in [1.807, 2.05) is 0 Å². The van der Waals surface area contributed by atoms with E-state index in [4.69, 9.17) is 105 Å². The number of carboxylic acid groups (broad SMARTS) is 2. The van der Waals surface area contributed by atoms with Gasteiger partial charge in [0.1, 0.15) is 90.6 Å². The van der Waals surface area contributed by atoms with Gasteiger partial charge in [-0.15, -0.1) is 0 Å². The molecule has 0 aromatic rings. The number of amides is 15. The van der Waals surface area contributed by atoms with Crippen LogP contribution >= 0.6 is 0 Å². The van der Waals surface area contributed by atoms with Crippen LogP contribution in [0.2, 0.25) is 0 Å². The molecule has 15 atom stereocenters. The fraction of sp³-hybridized carbons (Fsp3) is 0.658. The van der Waals surface area contributed by atoms with Crippen LogP contribution in [0.5, 0.6) is 0 Å². The van der Waals surface area contributed by atoms with Crippen molar-refractivity contribution >= 4 is 148 Å². The molecule has 0 saturated carbocycles. The van der Waals surface area contributed by atoms with Crippen molar-refractivity contribution in [1.29, 1.82) is 43.3 Å². The first-order valence-corrected chi connectivity index (χ1v) is 43.4. The monoisotopic (exact) mass is 2050 g/mol. The average molecular weight is 2050 g/mol. The Balaban J connectivity index is 0. The first-order valence-electron chi connectivity index (χ1n) is 43.4. The number of hydrogen-bond donors (Lipinski definition) is 49. The van der Waals surface area contributed by atoms with Crippen molar-refractivity contribution in [2.75, 3.05) is 105 Å². The third kappa shape index (κ3) is 57.1. The predicted molar refractivity (Wildman–Crippen MR) is 492 cm³/mol. The van der Waals surface area contributed by atoms with Crippen molar-refractivity contribution in [2.24, 2.45) is 51.6 Å². The molecule has 66 nitrogen and oxygen atoms in total. The normalized spacial score (nSPS) is 13.9. The molecule has 15 amide bonds. The second-order valence-corrected chi connectivity index (χ2v) is 30.5. The number of aliphatic carboxylic acids is 2. The van der Waals surface area contributed by atoms with Gasteiger partial charge in [-0.05, 0) is 103 Å². The van der Waals surface area contributed by atoms with Gasteiger partial charge in [0.05, 0.1) is 52.8 Å². The number of aliphatic hydroxyl groups excluding tert-OH is 7. The Bertz CT molecular complexity index is 4170. The third-order valence-corrected chi connectivity index (χ3v) is 19.1. The Labute approximate surface area is 808 Å². The summed E-state index contributed by atoms with van der Waals surface area (Å²) in [6.07, 6.45) is -8.29. The van der Waals surface area contributed by atoms with Gasteiger partial charge in [0.15, 0.2) is 47.7 Å². The number of halogens is 3. The lowest BCUT2D eigenvalue weighted by Crippen LogP contribution is -2.62. The van der Waals surface area contributed by atoms with E-state index in [1.54, 1.807) is 0 Å². The zero-order valence-electron chi connectivity index (χ0n) is 77.1. The van der Waals surface area contributed by atoms with Crippen molar-refractivity contribution in [3.8, 4) is 0 Å². The molecular formula is C73H137F3N40O26. The number of carbonyl (C=O) groups excluding carboxylic acids is 15. The lowest BCUT2D eigenvalue weighted by atomic mass is 10.1. The van der Waals surface area contributed by atoms with Gasteiger partial charge in [-0.2, -0.15) is 13.2 Å². The van der Waals surface area contributed by atoms with Gasteiger partial charge >= 0.3 is 18.1 Å². The molecule has 0 radical (unpaired) electrons. The van der Waals surface area contributed by atoms with E-state index in [0.717, 1.165) is 0 Å². The van der Waals surface area contributed by atoms with Gasteiger partial charge in [0.25, 0.3) is 0 Å². The summed E-state index contributed by atoms with van der Waals surface area (Å²) in [5.41, 5.74) is 48.5. The van der Waals surface area contributed by atoms with Crippen LogP contribution in [0.1, 0.15) is 103 Å². The van der Waals surface area contributed by atoms with Crippen LogP contribution < -0.4 is 174 Å². The lowest BCUT2D eigenvalue weighted by Gasteiger charge is -2.28. The van der Waals surface area contributed by atoms with Gasteiger partial charge in [-0.1, -0.05) is 0 Å². The Morgan fingerprint density at radius 1 is 0.218 bits per heavy atom. The summed E-state index contributed by atoms with van der Waals surface area (Å²) in [6.45, 7) is -9.80. The van der Waals surface area contributed by atoms with Crippen LogP contribution in [-0.2, 0) is 81.5 Å². The molecular weight excluding hydrogens is 1910 g/mol. The minimum atomic E-state index is -5.08. The van der Waals surface area contributed by atoms with Crippen molar-refractivity contribution in [3.05, 3.63) is 0 Å². The number of hydrogen-bond acceptors (Lipinski definition) is 33. The highest BCUT2D eigenvalue weighted by Gasteiger charge is 2.41. The molecule has 0 saturated heterocycles. The van der Waals surface area contributed by atoms with Crippen LogP contribution in [-0.4, -0.2) is 396 Å². The number of carbonyl (C=O) groups is 17. The largest absolute Gasteiger partial charge is 0.490 e. The minimum absolute atomic E-state index is 0.0341. The molecule has 0 aliphatic heterocycles. The second-order valence-electron chi connectivity index (χ2n) is 30.5. The van der Waals surface area contributed by atoms with Gasteiger partial charge < -0.3 is 220 Å². The molecule has 142 heavy (non-hydrogen) atoms. The van der Waals surface area contributed by atoms with E-state index in [2.05, 4.69) is 122 Å². The van der Waals surface area contributed by atoms with E-state index in [9.17, 15) is 131 Å². The third-order valence-electron chi connectivity index (χ3n) is 19.1. The smallest absolute Gasteiger partial charge is 0.480 e. The van der Waals surface area contributed by atoms with E-state index < -0.39 is 324 Å². The number of aliphatic hydroxyl groups is 7. The quantitative estimate of drug-likeness (QED) is 0.0153. The Kier molecular flexibility index (Phi) is 64.4. The summed E-state index contributed by atoms with van der Waals surface area (Å²) in [5.74, 6) is -26.6. The molecule has 0 aliphatic rings. The summed E-state index contributed by atoms with van der Waals surface area (Å²) in [4.78, 5) is 230. The SMILES string of the molecule is N=C(N)NCCC[C@H](NC(=O)[C@H](CO)NC(=O)[C@H](CCCNC(=N)N)NC(=O)[C@H](CO)NC(=O)[C@H](CCCNC(=N)N)NC(=O)[C@H](CO)NC(=O)[C@H](CCCNC(=N)N)NC(=O)[C@H](CO)NC(=O)[C@H](CCCNC(=N)N)NC(=O)[C@H](CO)NC(=O)[C@H](CCCNC(=N)N)NC(=O)[C@H](CO)NC(=O)[C@H](CCCNC(=N)N)NC(=O)[C@H](CO)NC(=O)[C@H](CCCNC(=N)N)NC(=O)CN)C(=O)O.O=C(O)C(F)(F)F. The lowest BCUT2D eigenvalue weighted by molar-refractivity contribution is -0.192. The number of alkyl halides is 3. The van der Waals surface area contributed by atoms with Crippen molar-refractivity contribution in [2.45, 2.75) is 200 Å². The highest BCUT2D eigenvalue weighted by molar-refractivity contribution is 6.01. The fourth-order valence-electron chi connectivity index (χ4n) is 11.8. The number of rotatable bonds is 70. The van der Waals surface area contributed by atoms with Gasteiger partial charge in [-0.3, -0.25) is 115 Å².